The van der Waals surface area contributed by atoms with Crippen molar-refractivity contribution in [2.24, 2.45) is 5.73 Å². The average Bonchev–Trinajstić information content (AvgIpc) is 1.84. The summed E-state index contributed by atoms with van der Waals surface area (Å²) in [5, 5.41) is -2.60. The number of hydrogen-bond donors (Lipinski definition) is 1. The van der Waals surface area contributed by atoms with Crippen molar-refractivity contribution in [1.29, 1.82) is 0 Å². The molecule has 10 heavy (non-hydrogen) atoms. The fourth-order valence-corrected chi connectivity index (χ4v) is 0.710. The van der Waals surface area contributed by atoms with E-state index < -0.39 is 11.3 Å². The van der Waals surface area contributed by atoms with Gasteiger partial charge in [0, 0.05) is 0 Å². The van der Waals surface area contributed by atoms with Gasteiger partial charge in [-0.05, 0) is 12.2 Å². The van der Waals surface area contributed by atoms with E-state index in [0.29, 0.717) is 0 Å². The van der Waals surface area contributed by atoms with Crippen molar-refractivity contribution in [1.82, 2.24) is 0 Å². The number of halogens is 3. The van der Waals surface area contributed by atoms with Gasteiger partial charge in [-0.1, -0.05) is 17.7 Å². The molecule has 0 aliphatic heterocycles. The Morgan fingerprint density at radius 3 is 2.80 bits per heavy atom. The van der Waals surface area contributed by atoms with Gasteiger partial charge in [-0.25, -0.2) is 8.78 Å². The minimum absolute atomic E-state index is 0.319. The van der Waals surface area contributed by atoms with Crippen molar-refractivity contribution < 1.29 is 8.78 Å². The Kier molecular flexibility index (Phi) is 1.68. The summed E-state index contributed by atoms with van der Waals surface area (Å²) >= 11 is 5.06. The maximum Gasteiger partial charge on any atom is 0.257 e. The molecule has 1 aliphatic carbocycles. The molecule has 2 atom stereocenters. The molecule has 1 radical (unpaired) electrons. The Hall–Kier alpha value is -0.570. The first-order valence-corrected chi connectivity index (χ1v) is 3.00. The van der Waals surface area contributed by atoms with E-state index in [0.717, 1.165) is 0 Å². The second kappa shape index (κ2) is 2.23. The van der Waals surface area contributed by atoms with Crippen LogP contribution in [0, 0.1) is 6.08 Å². The lowest BCUT2D eigenvalue weighted by atomic mass is 10.1. The lowest BCUT2D eigenvalue weighted by molar-refractivity contribution is 0.187. The van der Waals surface area contributed by atoms with E-state index in [-0.39, 0.29) is 5.70 Å². The standard InChI is InChI=1S/C6H5ClF2N/c7-6(9)4(8)2-1-3-5(6)10/h1,3-4H,10H2. The van der Waals surface area contributed by atoms with E-state index in [1.807, 2.05) is 6.08 Å². The number of alkyl halides is 3. The van der Waals surface area contributed by atoms with E-state index in [1.165, 1.54) is 12.2 Å². The molecule has 0 aromatic heterocycles. The molecule has 2 N–H and O–H groups in total. The molecule has 0 heterocycles. The normalized spacial score (nSPS) is 39.5. The molecule has 0 fully saturated rings. The van der Waals surface area contributed by atoms with Gasteiger partial charge in [0.1, 0.15) is 0 Å². The van der Waals surface area contributed by atoms with Crippen LogP contribution in [0.25, 0.3) is 0 Å². The predicted octanol–water partition coefficient (Wildman–Crippen LogP) is 1.44. The lowest BCUT2D eigenvalue weighted by Gasteiger charge is -2.21. The molecule has 2 unspecified atom stereocenters. The Bertz CT molecular complexity index is 198. The highest BCUT2D eigenvalue weighted by Crippen LogP contribution is 2.32. The number of hydrogen-bond acceptors (Lipinski definition) is 1. The predicted molar refractivity (Wildman–Crippen MR) is 34.7 cm³/mol. The van der Waals surface area contributed by atoms with Crippen molar-refractivity contribution >= 4 is 11.6 Å². The highest BCUT2D eigenvalue weighted by atomic mass is 35.5. The van der Waals surface area contributed by atoms with Crippen LogP contribution in [0.3, 0.4) is 0 Å². The van der Waals surface area contributed by atoms with Gasteiger partial charge < -0.3 is 5.73 Å². The van der Waals surface area contributed by atoms with Crippen LogP contribution in [0.2, 0.25) is 0 Å². The maximum absolute atomic E-state index is 12.8. The molecule has 0 bridgehead atoms. The smallest absolute Gasteiger partial charge is 0.257 e. The molecule has 4 heteroatoms. The monoisotopic (exact) mass is 164 g/mol. The van der Waals surface area contributed by atoms with Crippen LogP contribution in [-0.4, -0.2) is 11.3 Å². The van der Waals surface area contributed by atoms with Crippen molar-refractivity contribution in [2.75, 3.05) is 0 Å². The van der Waals surface area contributed by atoms with Crippen LogP contribution >= 0.6 is 11.6 Å². The molecule has 0 aromatic carbocycles. The quantitative estimate of drug-likeness (QED) is 0.539. The van der Waals surface area contributed by atoms with Gasteiger partial charge in [-0.2, -0.15) is 0 Å². The van der Waals surface area contributed by atoms with Crippen LogP contribution in [0.4, 0.5) is 8.78 Å². The third-order valence-corrected chi connectivity index (χ3v) is 1.62. The van der Waals surface area contributed by atoms with Gasteiger partial charge in [0.05, 0.1) is 5.70 Å². The Balaban J connectivity index is 2.93. The zero-order valence-corrected chi connectivity index (χ0v) is 5.70. The first kappa shape index (κ1) is 7.54. The van der Waals surface area contributed by atoms with Crippen LogP contribution < -0.4 is 5.73 Å². The van der Waals surface area contributed by atoms with Crippen LogP contribution in [-0.2, 0) is 0 Å². The third-order valence-electron chi connectivity index (χ3n) is 1.21. The van der Waals surface area contributed by atoms with E-state index in [1.54, 1.807) is 0 Å². The van der Waals surface area contributed by atoms with Crippen molar-refractivity contribution in [3.63, 3.8) is 0 Å². The van der Waals surface area contributed by atoms with E-state index in [9.17, 15) is 8.78 Å². The minimum Gasteiger partial charge on any atom is -0.398 e. The maximum atomic E-state index is 12.8. The van der Waals surface area contributed by atoms with Gasteiger partial charge >= 0.3 is 0 Å². The Labute approximate surface area is 62.2 Å². The van der Waals surface area contributed by atoms with Gasteiger partial charge in [0.2, 0.25) is 0 Å². The van der Waals surface area contributed by atoms with Gasteiger partial charge in [0.25, 0.3) is 5.13 Å². The van der Waals surface area contributed by atoms with E-state index >= 15 is 0 Å². The first-order valence-electron chi connectivity index (χ1n) is 2.62. The van der Waals surface area contributed by atoms with Gasteiger partial charge in [-0.3, -0.25) is 0 Å². The summed E-state index contributed by atoms with van der Waals surface area (Å²) in [6.07, 6.45) is 2.47. The average molecular weight is 165 g/mol. The molecule has 0 saturated carbocycles. The summed E-state index contributed by atoms with van der Waals surface area (Å²) in [4.78, 5) is 0. The molecule has 0 saturated heterocycles. The van der Waals surface area contributed by atoms with Crippen molar-refractivity contribution in [2.45, 2.75) is 11.3 Å². The molecule has 0 amide bonds. The summed E-state index contributed by atoms with van der Waals surface area (Å²) in [6, 6.07) is 0. The second-order valence-corrected chi connectivity index (χ2v) is 2.49. The van der Waals surface area contributed by atoms with Crippen molar-refractivity contribution in [3.05, 3.63) is 23.9 Å². The summed E-state index contributed by atoms with van der Waals surface area (Å²) in [5.41, 5.74) is 4.73. The summed E-state index contributed by atoms with van der Waals surface area (Å²) in [7, 11) is 0. The molecule has 1 rings (SSSR count). The molecule has 0 spiro atoms. The molecule has 1 aliphatic rings. The van der Waals surface area contributed by atoms with Crippen LogP contribution in [0.5, 0.6) is 0 Å². The fraction of sp³-hybridized carbons (Fsp3) is 0.333. The summed E-state index contributed by atoms with van der Waals surface area (Å²) in [5.74, 6) is 0. The Morgan fingerprint density at radius 2 is 2.40 bits per heavy atom. The molecular formula is C6H5ClF2N. The topological polar surface area (TPSA) is 26.0 Å². The molecule has 55 valence electrons. The zero-order chi connectivity index (χ0) is 7.78. The summed E-state index contributed by atoms with van der Waals surface area (Å²) in [6.45, 7) is 0. The second-order valence-electron chi connectivity index (χ2n) is 1.94. The van der Waals surface area contributed by atoms with E-state index in [4.69, 9.17) is 17.3 Å². The van der Waals surface area contributed by atoms with Crippen LogP contribution in [0.15, 0.2) is 17.8 Å². The first-order chi connectivity index (χ1) is 4.55. The van der Waals surface area contributed by atoms with Crippen LogP contribution in [0.1, 0.15) is 0 Å². The zero-order valence-electron chi connectivity index (χ0n) is 4.94. The SMILES string of the molecule is NC1=CC=[C]C(F)C1(F)Cl. The van der Waals surface area contributed by atoms with Gasteiger partial charge in [-0.15, -0.1) is 0 Å². The Morgan fingerprint density at radius 1 is 1.80 bits per heavy atom. The van der Waals surface area contributed by atoms with Crippen molar-refractivity contribution in [3.8, 4) is 0 Å². The highest BCUT2D eigenvalue weighted by Gasteiger charge is 2.40. The lowest BCUT2D eigenvalue weighted by Crippen LogP contribution is -2.35. The third kappa shape index (κ3) is 1.01. The van der Waals surface area contributed by atoms with E-state index in [2.05, 4.69) is 0 Å². The number of allylic oxidation sites excluding steroid dienone is 4. The fourth-order valence-electron chi connectivity index (χ4n) is 0.584. The molecule has 1 nitrogen and oxygen atoms in total. The molecular weight excluding hydrogens is 160 g/mol. The summed E-state index contributed by atoms with van der Waals surface area (Å²) < 4.78 is 25.2. The highest BCUT2D eigenvalue weighted by molar-refractivity contribution is 6.25. The number of nitrogens with two attached hydrogens (primary N) is 1. The number of rotatable bonds is 0. The molecule has 0 aromatic rings. The van der Waals surface area contributed by atoms with Gasteiger partial charge in [0.15, 0.2) is 6.17 Å². The minimum atomic E-state index is -2.60. The largest absolute Gasteiger partial charge is 0.398 e.